The summed E-state index contributed by atoms with van der Waals surface area (Å²) in [7, 11) is 0. The molecule has 0 aliphatic rings. The lowest BCUT2D eigenvalue weighted by atomic mass is 10.3. The Kier molecular flexibility index (Phi) is 3.45. The first-order valence-electron chi connectivity index (χ1n) is 5.28. The van der Waals surface area contributed by atoms with E-state index >= 15 is 0 Å². The summed E-state index contributed by atoms with van der Waals surface area (Å²) in [4.78, 5) is 4.55. The third-order valence-electron chi connectivity index (χ3n) is 2.31. The fourth-order valence-corrected chi connectivity index (χ4v) is 3.54. The molecule has 0 spiro atoms. The van der Waals surface area contributed by atoms with Crippen molar-refractivity contribution in [1.82, 2.24) is 15.2 Å². The van der Waals surface area contributed by atoms with Crippen LogP contribution < -0.4 is 0 Å². The summed E-state index contributed by atoms with van der Waals surface area (Å²) in [6, 6.07) is 11.8. The lowest BCUT2D eigenvalue weighted by Gasteiger charge is -1.96. The number of thioether (sulfide) groups is 1. The SMILES string of the molecule is Clc1ccc(CSc2nc3ccccc3s2)nn1. The summed E-state index contributed by atoms with van der Waals surface area (Å²) in [6.45, 7) is 0. The summed E-state index contributed by atoms with van der Waals surface area (Å²) in [5.41, 5.74) is 1.95. The minimum absolute atomic E-state index is 0.420. The molecule has 0 unspecified atom stereocenters. The van der Waals surface area contributed by atoms with E-state index in [4.69, 9.17) is 11.6 Å². The number of hydrogen-bond donors (Lipinski definition) is 0. The van der Waals surface area contributed by atoms with Gasteiger partial charge in [0.15, 0.2) is 9.49 Å². The zero-order valence-corrected chi connectivity index (χ0v) is 11.6. The van der Waals surface area contributed by atoms with Gasteiger partial charge in [0.2, 0.25) is 0 Å². The Hall–Kier alpha value is -1.17. The molecule has 0 aliphatic heterocycles. The van der Waals surface area contributed by atoms with Gasteiger partial charge in [-0.15, -0.1) is 16.4 Å². The second kappa shape index (κ2) is 5.22. The van der Waals surface area contributed by atoms with Crippen molar-refractivity contribution in [1.29, 1.82) is 0 Å². The maximum Gasteiger partial charge on any atom is 0.151 e. The molecular weight excluding hydrogens is 286 g/mol. The highest BCUT2D eigenvalue weighted by Gasteiger charge is 2.05. The monoisotopic (exact) mass is 293 g/mol. The molecule has 18 heavy (non-hydrogen) atoms. The maximum absolute atomic E-state index is 5.69. The quantitative estimate of drug-likeness (QED) is 0.683. The van der Waals surface area contributed by atoms with Crippen molar-refractivity contribution >= 4 is 44.9 Å². The highest BCUT2D eigenvalue weighted by Crippen LogP contribution is 2.30. The molecule has 0 radical (unpaired) electrons. The molecule has 0 atom stereocenters. The Morgan fingerprint density at radius 2 is 2.00 bits per heavy atom. The largest absolute Gasteiger partial charge is 0.230 e. The second-order valence-corrected chi connectivity index (χ2v) is 6.22. The standard InChI is InChI=1S/C12H8ClN3S2/c13-11-6-5-8(15-16-11)7-17-12-14-9-3-1-2-4-10(9)18-12/h1-6H,7H2. The first-order valence-corrected chi connectivity index (χ1v) is 7.46. The number of nitrogens with zero attached hydrogens (tertiary/aromatic N) is 3. The van der Waals surface area contributed by atoms with Crippen LogP contribution in [0.4, 0.5) is 0 Å². The Morgan fingerprint density at radius 1 is 1.11 bits per heavy atom. The normalized spacial score (nSPS) is 10.9. The van der Waals surface area contributed by atoms with E-state index < -0.39 is 0 Å². The molecule has 2 aromatic heterocycles. The van der Waals surface area contributed by atoms with Gasteiger partial charge >= 0.3 is 0 Å². The van der Waals surface area contributed by atoms with E-state index in [1.807, 2.05) is 24.3 Å². The van der Waals surface area contributed by atoms with Crippen molar-refractivity contribution in [3.8, 4) is 0 Å². The molecular formula is C12H8ClN3S2. The van der Waals surface area contributed by atoms with Crippen LogP contribution in [0.1, 0.15) is 5.69 Å². The Bertz CT molecular complexity index is 633. The van der Waals surface area contributed by atoms with E-state index in [1.165, 1.54) is 4.70 Å². The highest BCUT2D eigenvalue weighted by atomic mass is 35.5. The van der Waals surface area contributed by atoms with Gasteiger partial charge in [0.25, 0.3) is 0 Å². The van der Waals surface area contributed by atoms with Gasteiger partial charge in [-0.05, 0) is 24.3 Å². The first-order chi connectivity index (χ1) is 8.81. The summed E-state index contributed by atoms with van der Waals surface area (Å²) >= 11 is 9.06. The van der Waals surface area contributed by atoms with Gasteiger partial charge in [0, 0.05) is 5.75 Å². The lowest BCUT2D eigenvalue weighted by molar-refractivity contribution is 0.971. The molecule has 0 aliphatic carbocycles. The zero-order chi connectivity index (χ0) is 12.4. The van der Waals surface area contributed by atoms with Crippen molar-refractivity contribution in [2.75, 3.05) is 0 Å². The van der Waals surface area contributed by atoms with E-state index in [9.17, 15) is 0 Å². The smallest absolute Gasteiger partial charge is 0.151 e. The fraction of sp³-hybridized carbons (Fsp3) is 0.0833. The summed E-state index contributed by atoms with van der Waals surface area (Å²) in [5.74, 6) is 0.754. The van der Waals surface area contributed by atoms with E-state index in [0.717, 1.165) is 21.3 Å². The van der Waals surface area contributed by atoms with Crippen LogP contribution >= 0.6 is 34.7 Å². The van der Waals surface area contributed by atoms with Crippen LogP contribution in [0, 0.1) is 0 Å². The molecule has 0 saturated heterocycles. The molecule has 2 heterocycles. The van der Waals surface area contributed by atoms with Crippen LogP contribution in [0.3, 0.4) is 0 Å². The molecule has 3 nitrogen and oxygen atoms in total. The van der Waals surface area contributed by atoms with E-state index in [0.29, 0.717) is 5.15 Å². The predicted octanol–water partition coefficient (Wildman–Crippen LogP) is 4.03. The van der Waals surface area contributed by atoms with Crippen LogP contribution in [0.25, 0.3) is 10.2 Å². The average molecular weight is 294 g/mol. The van der Waals surface area contributed by atoms with E-state index in [1.54, 1.807) is 29.2 Å². The van der Waals surface area contributed by atoms with Crippen molar-refractivity contribution in [2.24, 2.45) is 0 Å². The van der Waals surface area contributed by atoms with Gasteiger partial charge < -0.3 is 0 Å². The third kappa shape index (κ3) is 2.63. The van der Waals surface area contributed by atoms with Gasteiger partial charge in [-0.2, -0.15) is 5.10 Å². The first kappa shape index (κ1) is 11.9. The van der Waals surface area contributed by atoms with Crippen LogP contribution in [-0.2, 0) is 5.75 Å². The molecule has 1 aromatic carbocycles. The number of rotatable bonds is 3. The molecule has 6 heteroatoms. The predicted molar refractivity (Wildman–Crippen MR) is 76.2 cm³/mol. The fourth-order valence-electron chi connectivity index (χ4n) is 1.47. The number of thiazole rings is 1. The van der Waals surface area contributed by atoms with Crippen LogP contribution in [0.15, 0.2) is 40.7 Å². The van der Waals surface area contributed by atoms with E-state index in [2.05, 4.69) is 21.2 Å². The van der Waals surface area contributed by atoms with Gasteiger partial charge in [-0.3, -0.25) is 0 Å². The molecule has 0 bridgehead atoms. The lowest BCUT2D eigenvalue weighted by Crippen LogP contribution is -1.89. The Labute approximate surface area is 117 Å². The van der Waals surface area contributed by atoms with Gasteiger partial charge in [0.1, 0.15) is 0 Å². The molecule has 3 aromatic rings. The highest BCUT2D eigenvalue weighted by molar-refractivity contribution is 8.00. The van der Waals surface area contributed by atoms with Crippen molar-refractivity contribution in [2.45, 2.75) is 10.1 Å². The van der Waals surface area contributed by atoms with Crippen LogP contribution in [-0.4, -0.2) is 15.2 Å². The van der Waals surface area contributed by atoms with Gasteiger partial charge in [-0.25, -0.2) is 4.98 Å². The summed E-state index contributed by atoms with van der Waals surface area (Å²) < 4.78 is 2.26. The minimum Gasteiger partial charge on any atom is -0.230 e. The van der Waals surface area contributed by atoms with Gasteiger partial charge in [-0.1, -0.05) is 35.5 Å². The van der Waals surface area contributed by atoms with Crippen molar-refractivity contribution in [3.05, 3.63) is 47.2 Å². The molecule has 0 N–H and O–H groups in total. The van der Waals surface area contributed by atoms with Crippen LogP contribution in [0.2, 0.25) is 5.15 Å². The molecule has 0 saturated carbocycles. The Balaban J connectivity index is 1.74. The van der Waals surface area contributed by atoms with Gasteiger partial charge in [0.05, 0.1) is 15.9 Å². The average Bonchev–Trinajstić information content (AvgIpc) is 2.81. The molecule has 0 fully saturated rings. The molecule has 3 rings (SSSR count). The third-order valence-corrected chi connectivity index (χ3v) is 4.72. The number of hydrogen-bond acceptors (Lipinski definition) is 5. The molecule has 90 valence electrons. The minimum atomic E-state index is 0.420. The molecule has 0 amide bonds. The number of benzene rings is 1. The number of aromatic nitrogens is 3. The van der Waals surface area contributed by atoms with Crippen molar-refractivity contribution < 1.29 is 0 Å². The summed E-state index contributed by atoms with van der Waals surface area (Å²) in [6.07, 6.45) is 0. The number of halogens is 1. The number of para-hydroxylation sites is 1. The Morgan fingerprint density at radius 3 is 2.78 bits per heavy atom. The van der Waals surface area contributed by atoms with E-state index in [-0.39, 0.29) is 0 Å². The zero-order valence-electron chi connectivity index (χ0n) is 9.21. The topological polar surface area (TPSA) is 38.7 Å². The number of fused-ring (bicyclic) bond motifs is 1. The maximum atomic E-state index is 5.69. The summed E-state index contributed by atoms with van der Waals surface area (Å²) in [5, 5.41) is 8.26. The second-order valence-electron chi connectivity index (χ2n) is 3.58. The van der Waals surface area contributed by atoms with Crippen molar-refractivity contribution in [3.63, 3.8) is 0 Å². The van der Waals surface area contributed by atoms with Crippen LogP contribution in [0.5, 0.6) is 0 Å².